The molecule has 2 fully saturated rings. The smallest absolute Gasteiger partial charge is 0.276 e. The van der Waals surface area contributed by atoms with Crippen LogP contribution in [0.5, 0.6) is 0 Å². The minimum atomic E-state index is -0.454. The van der Waals surface area contributed by atoms with Crippen molar-refractivity contribution in [3.05, 3.63) is 71.6 Å². The third-order valence-electron chi connectivity index (χ3n) is 5.94. The molecule has 0 aliphatic carbocycles. The van der Waals surface area contributed by atoms with Crippen molar-refractivity contribution < 1.29 is 9.59 Å². The fourth-order valence-corrected chi connectivity index (χ4v) is 4.24. The summed E-state index contributed by atoms with van der Waals surface area (Å²) in [6.45, 7) is 3.13. The molecule has 0 bridgehead atoms. The normalized spacial score (nSPS) is 20.6. The molecule has 5 rings (SSSR count). The first-order valence-electron chi connectivity index (χ1n) is 10.9. The van der Waals surface area contributed by atoms with E-state index in [1.54, 1.807) is 24.5 Å². The van der Waals surface area contributed by atoms with Gasteiger partial charge in [-0.1, -0.05) is 6.42 Å². The lowest BCUT2D eigenvalue weighted by atomic mass is 10.0. The standard InChI is InChI=1S/C23H25N7O2/c31-22(18-13-26-29-20(18)23(32)27-17-5-4-6-24-12-17)21-19(28-21)16-9-15(10-25-11-16)14-30-7-2-1-3-8-30/h4-6,9-13,19,21,28H,1-3,7-8,14H2,(H,26,29)(H,27,32)/t19-,21?/m0/s1. The predicted molar refractivity (Wildman–Crippen MR) is 118 cm³/mol. The van der Waals surface area contributed by atoms with Crippen LogP contribution in [0, 0.1) is 0 Å². The van der Waals surface area contributed by atoms with Crippen LogP contribution in [-0.2, 0) is 6.54 Å². The number of carbonyl (C=O) groups is 2. The minimum Gasteiger partial charge on any atom is -0.319 e. The Morgan fingerprint density at radius 3 is 2.81 bits per heavy atom. The summed E-state index contributed by atoms with van der Waals surface area (Å²) in [5.41, 5.74) is 3.02. The molecule has 3 aromatic heterocycles. The average Bonchev–Trinajstić information content (AvgIpc) is 3.47. The lowest BCUT2D eigenvalue weighted by molar-refractivity contribution is 0.0967. The molecule has 3 aromatic rings. The van der Waals surface area contributed by atoms with Crippen LogP contribution in [0.15, 0.2) is 49.2 Å². The molecular weight excluding hydrogens is 406 g/mol. The Morgan fingerprint density at radius 2 is 2.00 bits per heavy atom. The number of likely N-dealkylation sites (tertiary alicyclic amines) is 1. The molecule has 0 radical (unpaired) electrons. The van der Waals surface area contributed by atoms with Crippen LogP contribution < -0.4 is 10.6 Å². The van der Waals surface area contributed by atoms with Crippen LogP contribution in [0.25, 0.3) is 0 Å². The maximum Gasteiger partial charge on any atom is 0.276 e. The van der Waals surface area contributed by atoms with Gasteiger partial charge in [-0.25, -0.2) is 0 Å². The summed E-state index contributed by atoms with van der Waals surface area (Å²) in [5, 5.41) is 12.6. The number of carbonyl (C=O) groups excluding carboxylic acids is 2. The van der Waals surface area contributed by atoms with E-state index >= 15 is 0 Å². The van der Waals surface area contributed by atoms with E-state index in [1.807, 2.05) is 6.20 Å². The number of piperidine rings is 1. The van der Waals surface area contributed by atoms with E-state index in [2.05, 4.69) is 41.8 Å². The number of H-pyrrole nitrogens is 1. The second kappa shape index (κ2) is 8.97. The van der Waals surface area contributed by atoms with E-state index in [0.29, 0.717) is 5.69 Å². The Bertz CT molecular complexity index is 1110. The number of hydrogen-bond acceptors (Lipinski definition) is 7. The number of nitrogens with zero attached hydrogens (tertiary/aromatic N) is 4. The topological polar surface area (TPSA) is 126 Å². The molecule has 32 heavy (non-hydrogen) atoms. The zero-order chi connectivity index (χ0) is 21.9. The van der Waals surface area contributed by atoms with E-state index in [4.69, 9.17) is 0 Å². The molecule has 5 heterocycles. The van der Waals surface area contributed by atoms with E-state index in [1.165, 1.54) is 31.7 Å². The molecule has 0 aromatic carbocycles. The highest BCUT2D eigenvalue weighted by atomic mass is 16.2. The Labute approximate surface area is 185 Å². The Balaban J connectivity index is 1.25. The van der Waals surface area contributed by atoms with Gasteiger partial charge in [-0.05, 0) is 55.3 Å². The van der Waals surface area contributed by atoms with Gasteiger partial charge in [0.1, 0.15) is 0 Å². The maximum atomic E-state index is 13.1. The van der Waals surface area contributed by atoms with Gasteiger partial charge >= 0.3 is 0 Å². The first kappa shape index (κ1) is 20.5. The van der Waals surface area contributed by atoms with E-state index in [0.717, 1.165) is 30.8 Å². The van der Waals surface area contributed by atoms with Crippen LogP contribution in [0.3, 0.4) is 0 Å². The van der Waals surface area contributed by atoms with Crippen LogP contribution in [0.1, 0.15) is 57.3 Å². The molecule has 1 unspecified atom stereocenters. The fourth-order valence-electron chi connectivity index (χ4n) is 4.24. The first-order valence-corrected chi connectivity index (χ1v) is 10.9. The highest BCUT2D eigenvalue weighted by Crippen LogP contribution is 2.33. The molecular formula is C23H25N7O2. The van der Waals surface area contributed by atoms with E-state index in [-0.39, 0.29) is 23.1 Å². The minimum absolute atomic E-state index is 0.0725. The summed E-state index contributed by atoms with van der Waals surface area (Å²) < 4.78 is 0. The van der Waals surface area contributed by atoms with Crippen LogP contribution >= 0.6 is 0 Å². The highest BCUT2D eigenvalue weighted by molar-refractivity contribution is 6.13. The molecule has 9 heteroatoms. The van der Waals surface area contributed by atoms with Gasteiger partial charge in [-0.2, -0.15) is 5.10 Å². The van der Waals surface area contributed by atoms with Gasteiger partial charge in [-0.15, -0.1) is 0 Å². The van der Waals surface area contributed by atoms with Crippen LogP contribution in [0.2, 0.25) is 0 Å². The van der Waals surface area contributed by atoms with Gasteiger partial charge in [0.25, 0.3) is 5.91 Å². The Hall–Kier alpha value is -3.43. The van der Waals surface area contributed by atoms with Crippen molar-refractivity contribution in [3.8, 4) is 0 Å². The summed E-state index contributed by atoms with van der Waals surface area (Å²) in [4.78, 5) is 36.5. The van der Waals surface area contributed by atoms with Crippen molar-refractivity contribution in [2.45, 2.75) is 37.9 Å². The monoisotopic (exact) mass is 431 g/mol. The molecule has 1 amide bonds. The predicted octanol–water partition coefficient (Wildman–Crippen LogP) is 2.33. The number of anilines is 1. The third kappa shape index (κ3) is 4.44. The van der Waals surface area contributed by atoms with Gasteiger partial charge in [0.2, 0.25) is 0 Å². The molecule has 2 aliphatic heterocycles. The fraction of sp³-hybridized carbons (Fsp3) is 0.348. The quantitative estimate of drug-likeness (QED) is 0.387. The summed E-state index contributed by atoms with van der Waals surface area (Å²) in [6.07, 6.45) is 12.1. The second-order valence-electron chi connectivity index (χ2n) is 8.29. The zero-order valence-electron chi connectivity index (χ0n) is 17.6. The largest absolute Gasteiger partial charge is 0.319 e. The molecule has 0 spiro atoms. The molecule has 2 atom stereocenters. The number of Topliss-reactive ketones (excluding diaryl/α,β-unsaturated/α-hetero) is 1. The van der Waals surface area contributed by atoms with Crippen LogP contribution in [0.4, 0.5) is 5.69 Å². The van der Waals surface area contributed by atoms with Gasteiger partial charge in [0.05, 0.1) is 29.5 Å². The molecule has 2 saturated heterocycles. The number of amides is 1. The number of rotatable bonds is 7. The van der Waals surface area contributed by atoms with Gasteiger partial charge in [0, 0.05) is 31.3 Å². The van der Waals surface area contributed by atoms with E-state index < -0.39 is 11.9 Å². The van der Waals surface area contributed by atoms with Crippen molar-refractivity contribution in [2.24, 2.45) is 0 Å². The third-order valence-corrected chi connectivity index (χ3v) is 5.94. The number of nitrogens with one attached hydrogen (secondary N) is 3. The van der Waals surface area contributed by atoms with Crippen molar-refractivity contribution in [2.75, 3.05) is 18.4 Å². The van der Waals surface area contributed by atoms with Crippen molar-refractivity contribution in [1.82, 2.24) is 30.4 Å². The summed E-state index contributed by atoms with van der Waals surface area (Å²) in [5.74, 6) is -0.619. The average molecular weight is 432 g/mol. The number of pyridine rings is 2. The Kier molecular flexibility index (Phi) is 5.74. The summed E-state index contributed by atoms with van der Waals surface area (Å²) >= 11 is 0. The molecule has 2 aliphatic rings. The van der Waals surface area contributed by atoms with Gasteiger partial charge in [0.15, 0.2) is 11.5 Å². The molecule has 3 N–H and O–H groups in total. The summed E-state index contributed by atoms with van der Waals surface area (Å²) in [6, 6.07) is 5.06. The van der Waals surface area contributed by atoms with Crippen molar-refractivity contribution >= 4 is 17.4 Å². The summed E-state index contributed by atoms with van der Waals surface area (Å²) in [7, 11) is 0. The number of aromatic amines is 1. The maximum absolute atomic E-state index is 13.1. The highest BCUT2D eigenvalue weighted by Gasteiger charge is 2.45. The van der Waals surface area contributed by atoms with Crippen molar-refractivity contribution in [3.63, 3.8) is 0 Å². The number of hydrogen-bond donors (Lipinski definition) is 3. The first-order chi connectivity index (χ1) is 15.7. The van der Waals surface area contributed by atoms with Crippen molar-refractivity contribution in [1.29, 1.82) is 0 Å². The van der Waals surface area contributed by atoms with Crippen LogP contribution in [-0.4, -0.2) is 55.9 Å². The zero-order valence-corrected chi connectivity index (χ0v) is 17.6. The molecule has 0 saturated carbocycles. The number of aromatic nitrogens is 4. The number of ketones is 1. The second-order valence-corrected chi connectivity index (χ2v) is 8.29. The SMILES string of the molecule is O=C(Nc1cccnc1)c1n[nH]cc1C(=O)C1N[C@H]1c1cncc(CN2CCCCC2)c1. The van der Waals surface area contributed by atoms with E-state index in [9.17, 15) is 9.59 Å². The lowest BCUT2D eigenvalue weighted by Gasteiger charge is -2.26. The van der Waals surface area contributed by atoms with Gasteiger partial charge in [-0.3, -0.25) is 34.9 Å². The Morgan fingerprint density at radius 1 is 1.12 bits per heavy atom. The lowest BCUT2D eigenvalue weighted by Crippen LogP contribution is -2.29. The molecule has 164 valence electrons. The van der Waals surface area contributed by atoms with Gasteiger partial charge < -0.3 is 5.32 Å². The molecule has 9 nitrogen and oxygen atoms in total.